The molecule has 0 saturated heterocycles. The van der Waals surface area contributed by atoms with E-state index in [0.717, 1.165) is 25.6 Å². The lowest BCUT2D eigenvalue weighted by molar-refractivity contribution is 0.455. The van der Waals surface area contributed by atoms with Gasteiger partial charge < -0.3 is 10.6 Å². The minimum Gasteiger partial charge on any atom is -0.319 e. The van der Waals surface area contributed by atoms with Gasteiger partial charge in [0, 0.05) is 6.54 Å². The fourth-order valence-electron chi connectivity index (χ4n) is 1.04. The molecule has 0 aromatic rings. The highest BCUT2D eigenvalue weighted by molar-refractivity contribution is 4.71. The maximum Gasteiger partial charge on any atom is 0.0132 e. The summed E-state index contributed by atoms with van der Waals surface area (Å²) in [7, 11) is 2.00. The van der Waals surface area contributed by atoms with Crippen LogP contribution in [0.5, 0.6) is 0 Å². The molecule has 0 aliphatic heterocycles. The number of hydrogen-bond donors (Lipinski definition) is 2. The third-order valence-corrected chi connectivity index (χ3v) is 1.79. The van der Waals surface area contributed by atoms with Crippen molar-refractivity contribution in [1.82, 2.24) is 10.6 Å². The average Bonchev–Trinajstić information content (AvgIpc) is 2.03. The van der Waals surface area contributed by atoms with Gasteiger partial charge in [0.2, 0.25) is 0 Å². The van der Waals surface area contributed by atoms with Crippen LogP contribution >= 0.6 is 0 Å². The molecule has 2 heteroatoms. The summed E-state index contributed by atoms with van der Waals surface area (Å²) in [6, 6.07) is 0. The van der Waals surface area contributed by atoms with Gasteiger partial charge in [-0.25, -0.2) is 0 Å². The van der Waals surface area contributed by atoms with Gasteiger partial charge in [0.05, 0.1) is 0 Å². The molecule has 0 fully saturated rings. The minimum atomic E-state index is 0.750. The second-order valence-electron chi connectivity index (χ2n) is 2.78. The van der Waals surface area contributed by atoms with Crippen LogP contribution in [0.1, 0.15) is 13.3 Å². The van der Waals surface area contributed by atoms with Crippen molar-refractivity contribution in [1.29, 1.82) is 0 Å². The summed E-state index contributed by atoms with van der Waals surface area (Å²) in [6.45, 7) is 8.97. The number of hydrogen-bond acceptors (Lipinski definition) is 2. The second kappa shape index (κ2) is 7.76. The van der Waals surface area contributed by atoms with Crippen molar-refractivity contribution in [3.05, 3.63) is 12.7 Å². The highest BCUT2D eigenvalue weighted by Gasteiger charge is 2.02. The van der Waals surface area contributed by atoms with Gasteiger partial charge in [0.1, 0.15) is 0 Å². The van der Waals surface area contributed by atoms with Crippen LogP contribution in [-0.4, -0.2) is 26.7 Å². The van der Waals surface area contributed by atoms with Gasteiger partial charge in [0.15, 0.2) is 0 Å². The van der Waals surface area contributed by atoms with Crippen molar-refractivity contribution >= 4 is 0 Å². The van der Waals surface area contributed by atoms with Gasteiger partial charge in [-0.2, -0.15) is 0 Å². The van der Waals surface area contributed by atoms with Crippen molar-refractivity contribution in [3.63, 3.8) is 0 Å². The Morgan fingerprint density at radius 2 is 2.18 bits per heavy atom. The van der Waals surface area contributed by atoms with Crippen LogP contribution in [-0.2, 0) is 0 Å². The number of nitrogens with one attached hydrogen (secondary N) is 2. The van der Waals surface area contributed by atoms with Crippen LogP contribution in [0.3, 0.4) is 0 Å². The van der Waals surface area contributed by atoms with E-state index in [-0.39, 0.29) is 0 Å². The Hall–Kier alpha value is -0.340. The fourth-order valence-corrected chi connectivity index (χ4v) is 1.04. The van der Waals surface area contributed by atoms with E-state index in [1.54, 1.807) is 0 Å². The zero-order valence-corrected chi connectivity index (χ0v) is 7.69. The van der Waals surface area contributed by atoms with Crippen molar-refractivity contribution in [3.8, 4) is 0 Å². The van der Waals surface area contributed by atoms with Gasteiger partial charge in [-0.15, -0.1) is 6.58 Å². The van der Waals surface area contributed by atoms with E-state index >= 15 is 0 Å². The standard InChI is InChI=1S/C9H20N2/c1-4-6-11-8-9(5-2)7-10-3/h4,9-11H,1,5-8H2,2-3H3. The maximum absolute atomic E-state index is 3.65. The summed E-state index contributed by atoms with van der Waals surface area (Å²) in [5, 5.41) is 6.49. The van der Waals surface area contributed by atoms with Crippen LogP contribution < -0.4 is 10.6 Å². The Balaban J connectivity index is 3.27. The highest BCUT2D eigenvalue weighted by atomic mass is 14.9. The Morgan fingerprint density at radius 3 is 2.64 bits per heavy atom. The van der Waals surface area contributed by atoms with E-state index in [0.29, 0.717) is 0 Å². The van der Waals surface area contributed by atoms with Gasteiger partial charge in [0.25, 0.3) is 0 Å². The number of rotatable bonds is 7. The van der Waals surface area contributed by atoms with E-state index in [1.165, 1.54) is 6.42 Å². The largest absolute Gasteiger partial charge is 0.319 e. The van der Waals surface area contributed by atoms with E-state index in [2.05, 4.69) is 24.1 Å². The molecule has 66 valence electrons. The van der Waals surface area contributed by atoms with Crippen LogP contribution in [0.4, 0.5) is 0 Å². The Bertz CT molecular complexity index is 91.6. The second-order valence-corrected chi connectivity index (χ2v) is 2.78. The molecule has 0 radical (unpaired) electrons. The van der Waals surface area contributed by atoms with Gasteiger partial charge >= 0.3 is 0 Å². The van der Waals surface area contributed by atoms with E-state index in [4.69, 9.17) is 0 Å². The lowest BCUT2D eigenvalue weighted by Gasteiger charge is -2.13. The Labute approximate surface area is 70.1 Å². The summed E-state index contributed by atoms with van der Waals surface area (Å²) in [5.41, 5.74) is 0. The predicted octanol–water partition coefficient (Wildman–Crippen LogP) is 1.01. The quantitative estimate of drug-likeness (QED) is 0.424. The molecule has 11 heavy (non-hydrogen) atoms. The lowest BCUT2D eigenvalue weighted by Crippen LogP contribution is -2.29. The molecule has 1 atom stereocenters. The summed E-state index contributed by atoms with van der Waals surface area (Å²) in [4.78, 5) is 0. The summed E-state index contributed by atoms with van der Waals surface area (Å²) >= 11 is 0. The monoisotopic (exact) mass is 156 g/mol. The first kappa shape index (κ1) is 10.7. The molecule has 0 heterocycles. The fraction of sp³-hybridized carbons (Fsp3) is 0.778. The average molecular weight is 156 g/mol. The van der Waals surface area contributed by atoms with Crippen molar-refractivity contribution in [2.24, 2.45) is 5.92 Å². The van der Waals surface area contributed by atoms with Gasteiger partial charge in [-0.1, -0.05) is 19.4 Å². The summed E-state index contributed by atoms with van der Waals surface area (Å²) in [5.74, 6) is 0.750. The lowest BCUT2D eigenvalue weighted by atomic mass is 10.1. The molecular weight excluding hydrogens is 136 g/mol. The van der Waals surface area contributed by atoms with Crippen molar-refractivity contribution in [2.75, 3.05) is 26.7 Å². The molecule has 0 bridgehead atoms. The van der Waals surface area contributed by atoms with Crippen molar-refractivity contribution in [2.45, 2.75) is 13.3 Å². The van der Waals surface area contributed by atoms with E-state index < -0.39 is 0 Å². The Morgan fingerprint density at radius 1 is 1.45 bits per heavy atom. The highest BCUT2D eigenvalue weighted by Crippen LogP contribution is 1.97. The van der Waals surface area contributed by atoms with E-state index in [9.17, 15) is 0 Å². The molecule has 0 saturated carbocycles. The third kappa shape index (κ3) is 6.07. The van der Waals surface area contributed by atoms with Crippen LogP contribution in [0, 0.1) is 5.92 Å². The molecule has 0 amide bonds. The summed E-state index contributed by atoms with van der Waals surface area (Å²) in [6.07, 6.45) is 3.12. The molecular formula is C9H20N2. The third-order valence-electron chi connectivity index (χ3n) is 1.79. The predicted molar refractivity (Wildman–Crippen MR) is 50.8 cm³/mol. The molecule has 0 rings (SSSR count). The van der Waals surface area contributed by atoms with Gasteiger partial charge in [-0.05, 0) is 26.1 Å². The SMILES string of the molecule is C=CCNCC(CC)CNC. The molecule has 1 unspecified atom stereocenters. The summed E-state index contributed by atoms with van der Waals surface area (Å²) < 4.78 is 0. The Kier molecular flexibility index (Phi) is 7.52. The van der Waals surface area contributed by atoms with Crippen molar-refractivity contribution < 1.29 is 0 Å². The van der Waals surface area contributed by atoms with Crippen LogP contribution in [0.15, 0.2) is 12.7 Å². The minimum absolute atomic E-state index is 0.750. The van der Waals surface area contributed by atoms with Crippen LogP contribution in [0.25, 0.3) is 0 Å². The first-order chi connectivity index (χ1) is 5.35. The van der Waals surface area contributed by atoms with E-state index in [1.807, 2.05) is 13.1 Å². The molecule has 0 spiro atoms. The zero-order chi connectivity index (χ0) is 8.53. The normalized spacial score (nSPS) is 12.9. The molecule has 0 aliphatic carbocycles. The first-order valence-electron chi connectivity index (χ1n) is 4.31. The van der Waals surface area contributed by atoms with Gasteiger partial charge in [-0.3, -0.25) is 0 Å². The molecule has 2 N–H and O–H groups in total. The maximum atomic E-state index is 3.65. The molecule has 0 aromatic carbocycles. The zero-order valence-electron chi connectivity index (χ0n) is 7.69. The first-order valence-corrected chi connectivity index (χ1v) is 4.31. The molecule has 0 aromatic heterocycles. The molecule has 2 nitrogen and oxygen atoms in total. The topological polar surface area (TPSA) is 24.1 Å². The van der Waals surface area contributed by atoms with Crippen LogP contribution in [0.2, 0.25) is 0 Å². The molecule has 0 aliphatic rings. The smallest absolute Gasteiger partial charge is 0.0132 e.